The molecule has 0 aliphatic rings. The predicted octanol–water partition coefficient (Wildman–Crippen LogP) is 4.07. The van der Waals surface area contributed by atoms with Gasteiger partial charge in [-0.15, -0.1) is 11.3 Å². The molecule has 0 atom stereocenters. The minimum absolute atomic E-state index is 0.547. The molecule has 0 aliphatic carbocycles. The van der Waals surface area contributed by atoms with Gasteiger partial charge in [-0.05, 0) is 13.0 Å². The number of nitrogens with zero attached hydrogens (tertiary/aromatic N) is 2. The average molecular weight is 381 g/mol. The summed E-state index contributed by atoms with van der Waals surface area (Å²) in [5, 5.41) is 9.74. The van der Waals surface area contributed by atoms with Gasteiger partial charge in [0, 0.05) is 23.1 Å². The quantitative estimate of drug-likeness (QED) is 0.479. The van der Waals surface area contributed by atoms with Crippen molar-refractivity contribution in [2.45, 2.75) is 20.0 Å². The van der Waals surface area contributed by atoms with Crippen LogP contribution in [0.2, 0.25) is 0 Å². The van der Waals surface area contributed by atoms with Gasteiger partial charge in [0.1, 0.15) is 10.8 Å². The Balaban J connectivity index is 1.64. The van der Waals surface area contributed by atoms with Crippen LogP contribution in [0.15, 0.2) is 65.0 Å². The highest BCUT2D eigenvalue weighted by Crippen LogP contribution is 2.23. The Morgan fingerprint density at radius 3 is 2.63 bits per heavy atom. The molecule has 1 aromatic heterocycles. The first-order chi connectivity index (χ1) is 13.3. The first-order valence-corrected chi connectivity index (χ1v) is 9.82. The van der Waals surface area contributed by atoms with Crippen molar-refractivity contribution in [1.82, 2.24) is 15.6 Å². The topological polar surface area (TPSA) is 58.5 Å². The van der Waals surface area contributed by atoms with E-state index in [0.717, 1.165) is 40.1 Å². The van der Waals surface area contributed by atoms with E-state index in [0.29, 0.717) is 13.1 Å². The van der Waals surface area contributed by atoms with Crippen molar-refractivity contribution in [3.05, 3.63) is 71.2 Å². The van der Waals surface area contributed by atoms with Gasteiger partial charge >= 0.3 is 0 Å². The van der Waals surface area contributed by atoms with Crippen molar-refractivity contribution >= 4 is 17.3 Å². The minimum Gasteiger partial charge on any atom is -0.496 e. The van der Waals surface area contributed by atoms with Gasteiger partial charge in [-0.3, -0.25) is 0 Å². The summed E-state index contributed by atoms with van der Waals surface area (Å²) < 4.78 is 5.39. The highest BCUT2D eigenvalue weighted by atomic mass is 32.1. The first kappa shape index (κ1) is 18.9. The minimum atomic E-state index is 0.547. The third kappa shape index (κ3) is 5.31. The molecule has 140 valence electrons. The second-order valence-electron chi connectivity index (χ2n) is 5.87. The van der Waals surface area contributed by atoms with Gasteiger partial charge in [-0.1, -0.05) is 48.5 Å². The Bertz CT molecular complexity index is 877. The van der Waals surface area contributed by atoms with Crippen molar-refractivity contribution < 1.29 is 4.74 Å². The number of aliphatic imine (C=N–C) groups is 1. The maximum absolute atomic E-state index is 5.39. The summed E-state index contributed by atoms with van der Waals surface area (Å²) in [6.45, 7) is 4.02. The zero-order valence-electron chi connectivity index (χ0n) is 15.6. The lowest BCUT2D eigenvalue weighted by Crippen LogP contribution is -2.36. The van der Waals surface area contributed by atoms with Crippen LogP contribution in [0.5, 0.6) is 5.75 Å². The summed E-state index contributed by atoms with van der Waals surface area (Å²) in [6.07, 6.45) is 0. The molecule has 3 rings (SSSR count). The number of ether oxygens (including phenoxy) is 1. The van der Waals surface area contributed by atoms with Gasteiger partial charge in [0.2, 0.25) is 0 Å². The van der Waals surface area contributed by atoms with E-state index < -0.39 is 0 Å². The van der Waals surface area contributed by atoms with E-state index >= 15 is 0 Å². The number of nitrogens with one attached hydrogen (secondary N) is 2. The highest BCUT2D eigenvalue weighted by molar-refractivity contribution is 7.13. The summed E-state index contributed by atoms with van der Waals surface area (Å²) in [7, 11) is 1.68. The molecule has 3 aromatic rings. The highest BCUT2D eigenvalue weighted by Gasteiger charge is 2.06. The second-order valence-corrected chi connectivity index (χ2v) is 6.73. The molecule has 0 saturated heterocycles. The van der Waals surface area contributed by atoms with Crippen LogP contribution < -0.4 is 15.4 Å². The lowest BCUT2D eigenvalue weighted by atomic mass is 10.2. The summed E-state index contributed by atoms with van der Waals surface area (Å²) in [5.74, 6) is 1.61. The molecule has 0 amide bonds. The van der Waals surface area contributed by atoms with E-state index in [-0.39, 0.29) is 0 Å². The number of thiazole rings is 1. The third-order valence-corrected chi connectivity index (χ3v) is 4.89. The Hall–Kier alpha value is -2.86. The SMILES string of the molecule is CCNC(=NCc1ccccc1OC)NCc1csc(-c2ccccc2)n1. The van der Waals surface area contributed by atoms with E-state index in [2.05, 4.69) is 40.1 Å². The number of methoxy groups -OCH3 is 1. The number of benzene rings is 2. The molecule has 0 saturated carbocycles. The third-order valence-electron chi connectivity index (χ3n) is 3.95. The van der Waals surface area contributed by atoms with Crippen LogP contribution >= 0.6 is 11.3 Å². The van der Waals surface area contributed by atoms with Gasteiger partial charge < -0.3 is 15.4 Å². The predicted molar refractivity (Wildman–Crippen MR) is 112 cm³/mol. The van der Waals surface area contributed by atoms with Crippen molar-refractivity contribution in [1.29, 1.82) is 0 Å². The van der Waals surface area contributed by atoms with Crippen LogP contribution in [0, 0.1) is 0 Å². The van der Waals surface area contributed by atoms with Gasteiger partial charge in [-0.2, -0.15) is 0 Å². The molecule has 1 heterocycles. The molecule has 0 aliphatic heterocycles. The Labute approximate surface area is 164 Å². The molecular formula is C21H24N4OS. The first-order valence-electron chi connectivity index (χ1n) is 8.94. The van der Waals surface area contributed by atoms with Crippen LogP contribution in [-0.2, 0) is 13.1 Å². The maximum atomic E-state index is 5.39. The maximum Gasteiger partial charge on any atom is 0.191 e. The lowest BCUT2D eigenvalue weighted by molar-refractivity contribution is 0.410. The molecule has 2 N–H and O–H groups in total. The zero-order chi connectivity index (χ0) is 18.9. The van der Waals surface area contributed by atoms with Crippen LogP contribution in [0.1, 0.15) is 18.2 Å². The number of rotatable bonds is 7. The van der Waals surface area contributed by atoms with Gasteiger partial charge in [0.25, 0.3) is 0 Å². The molecule has 0 radical (unpaired) electrons. The molecule has 5 nitrogen and oxygen atoms in total. The standard InChI is InChI=1S/C21H24N4OS/c1-3-22-21(23-13-17-11-7-8-12-19(17)26-2)24-14-18-15-27-20(25-18)16-9-5-4-6-10-16/h4-12,15H,3,13-14H2,1-2H3,(H2,22,23,24). The van der Waals surface area contributed by atoms with Gasteiger partial charge in [0.05, 0.1) is 25.9 Å². The van der Waals surface area contributed by atoms with E-state index in [1.807, 2.05) is 42.5 Å². The number of para-hydroxylation sites is 1. The largest absolute Gasteiger partial charge is 0.496 e. The average Bonchev–Trinajstić information content (AvgIpc) is 3.20. The number of aromatic nitrogens is 1. The van der Waals surface area contributed by atoms with E-state index in [1.54, 1.807) is 18.4 Å². The van der Waals surface area contributed by atoms with Crippen LogP contribution in [-0.4, -0.2) is 24.6 Å². The number of hydrogen-bond acceptors (Lipinski definition) is 4. The van der Waals surface area contributed by atoms with Crippen LogP contribution in [0.3, 0.4) is 0 Å². The molecule has 0 unspecified atom stereocenters. The summed E-state index contributed by atoms with van der Waals surface area (Å²) in [6, 6.07) is 18.2. The Kier molecular flexibility index (Phi) is 6.82. The van der Waals surface area contributed by atoms with Crippen molar-refractivity contribution in [3.8, 4) is 16.3 Å². The summed E-state index contributed by atoms with van der Waals surface area (Å²) in [4.78, 5) is 9.37. The normalized spacial score (nSPS) is 11.3. The fraction of sp³-hybridized carbons (Fsp3) is 0.238. The van der Waals surface area contributed by atoms with Crippen LogP contribution in [0.25, 0.3) is 10.6 Å². The molecule has 0 fully saturated rings. The molecular weight excluding hydrogens is 356 g/mol. The zero-order valence-corrected chi connectivity index (χ0v) is 16.4. The van der Waals surface area contributed by atoms with Crippen molar-refractivity contribution in [3.63, 3.8) is 0 Å². The molecule has 0 spiro atoms. The molecule has 27 heavy (non-hydrogen) atoms. The monoisotopic (exact) mass is 380 g/mol. The molecule has 2 aromatic carbocycles. The van der Waals surface area contributed by atoms with E-state index in [1.165, 1.54) is 0 Å². The summed E-state index contributed by atoms with van der Waals surface area (Å²) >= 11 is 1.65. The Morgan fingerprint density at radius 2 is 1.85 bits per heavy atom. The summed E-state index contributed by atoms with van der Waals surface area (Å²) in [5.41, 5.74) is 3.20. The molecule has 0 bridgehead atoms. The van der Waals surface area contributed by atoms with Crippen molar-refractivity contribution in [2.75, 3.05) is 13.7 Å². The second kappa shape index (κ2) is 9.73. The van der Waals surface area contributed by atoms with Gasteiger partial charge in [0.15, 0.2) is 5.96 Å². The fourth-order valence-corrected chi connectivity index (χ4v) is 3.44. The Morgan fingerprint density at radius 1 is 1.07 bits per heavy atom. The number of hydrogen-bond donors (Lipinski definition) is 2. The van der Waals surface area contributed by atoms with E-state index in [9.17, 15) is 0 Å². The van der Waals surface area contributed by atoms with Crippen LogP contribution in [0.4, 0.5) is 0 Å². The lowest BCUT2D eigenvalue weighted by Gasteiger charge is -2.11. The number of guanidine groups is 1. The van der Waals surface area contributed by atoms with Crippen molar-refractivity contribution in [2.24, 2.45) is 4.99 Å². The fourth-order valence-electron chi connectivity index (χ4n) is 2.62. The smallest absolute Gasteiger partial charge is 0.191 e. The van der Waals surface area contributed by atoms with Gasteiger partial charge in [-0.25, -0.2) is 9.98 Å². The molecule has 6 heteroatoms. The van der Waals surface area contributed by atoms with E-state index in [4.69, 9.17) is 9.72 Å².